The van der Waals surface area contributed by atoms with Crippen molar-refractivity contribution in [1.29, 1.82) is 0 Å². The molecule has 0 saturated heterocycles. The molecule has 2 rings (SSSR count). The number of rotatable bonds is 7. The fraction of sp³-hybridized carbons (Fsp3) is 0.429. The van der Waals surface area contributed by atoms with Crippen LogP contribution in [0, 0.1) is 0 Å². The average Bonchev–Trinajstić information content (AvgIpc) is 2.96. The number of aromatic nitrogens is 2. The molecule has 2 aromatic heterocycles. The largest absolute Gasteiger partial charge is 0.393 e. The second kappa shape index (κ2) is 7.09. The second-order valence-corrected chi connectivity index (χ2v) is 5.73. The molecule has 0 aliphatic carbocycles. The lowest BCUT2D eigenvalue weighted by Gasteiger charge is -2.15. The summed E-state index contributed by atoms with van der Waals surface area (Å²) in [6.07, 6.45) is 3.52. The molecule has 0 bridgehead atoms. The summed E-state index contributed by atoms with van der Waals surface area (Å²) in [4.78, 5) is 9.76. The number of hydrogen-bond donors (Lipinski definition) is 3. The van der Waals surface area contributed by atoms with E-state index in [2.05, 4.69) is 52.0 Å². The second-order valence-electron chi connectivity index (χ2n) is 4.69. The van der Waals surface area contributed by atoms with E-state index in [1.807, 2.05) is 0 Å². The third-order valence-electron chi connectivity index (χ3n) is 3.12. The number of nitrogens with two attached hydrogens (primary N) is 1. The van der Waals surface area contributed by atoms with Gasteiger partial charge in [-0.15, -0.1) is 11.3 Å². The Morgan fingerprint density at radius 2 is 2.15 bits per heavy atom. The average molecular weight is 291 g/mol. The Balaban J connectivity index is 1.95. The van der Waals surface area contributed by atoms with Gasteiger partial charge >= 0.3 is 0 Å². The zero-order valence-electron chi connectivity index (χ0n) is 11.9. The highest BCUT2D eigenvalue weighted by Gasteiger charge is 2.09. The van der Waals surface area contributed by atoms with Crippen LogP contribution in [-0.4, -0.2) is 22.6 Å². The molecule has 0 saturated carbocycles. The first-order valence-electron chi connectivity index (χ1n) is 6.84. The summed E-state index contributed by atoms with van der Waals surface area (Å²) in [5.41, 5.74) is 6.68. The van der Waals surface area contributed by atoms with E-state index < -0.39 is 0 Å². The maximum atomic E-state index is 6.10. The lowest BCUT2D eigenvalue weighted by Crippen LogP contribution is -2.17. The number of nitrogens with zero attached hydrogens (tertiary/aromatic N) is 2. The molecular weight excluding hydrogens is 270 g/mol. The molecule has 1 atom stereocenters. The van der Waals surface area contributed by atoms with Crippen LogP contribution < -0.4 is 16.4 Å². The molecule has 20 heavy (non-hydrogen) atoms. The van der Waals surface area contributed by atoms with Gasteiger partial charge in [0.15, 0.2) is 11.6 Å². The highest BCUT2D eigenvalue weighted by molar-refractivity contribution is 7.09. The molecule has 0 aliphatic rings. The van der Waals surface area contributed by atoms with Gasteiger partial charge in [0.2, 0.25) is 0 Å². The van der Waals surface area contributed by atoms with Gasteiger partial charge in [-0.3, -0.25) is 0 Å². The zero-order valence-corrected chi connectivity index (χ0v) is 12.7. The molecule has 4 N–H and O–H groups in total. The minimum Gasteiger partial charge on any atom is -0.393 e. The van der Waals surface area contributed by atoms with Crippen molar-refractivity contribution in [3.63, 3.8) is 0 Å². The Morgan fingerprint density at radius 1 is 1.35 bits per heavy atom. The third kappa shape index (κ3) is 3.84. The maximum Gasteiger partial charge on any atom is 0.155 e. The van der Waals surface area contributed by atoms with Crippen molar-refractivity contribution in [3.8, 4) is 0 Å². The molecule has 2 aromatic rings. The van der Waals surface area contributed by atoms with E-state index in [0.29, 0.717) is 23.4 Å². The monoisotopic (exact) mass is 291 g/mol. The molecule has 0 radical (unpaired) electrons. The summed E-state index contributed by atoms with van der Waals surface area (Å²) in [6, 6.07) is 4.53. The summed E-state index contributed by atoms with van der Waals surface area (Å²) in [5, 5.41) is 8.65. The normalized spacial score (nSPS) is 12.1. The molecule has 0 spiro atoms. The van der Waals surface area contributed by atoms with Crippen molar-refractivity contribution in [2.24, 2.45) is 0 Å². The summed E-state index contributed by atoms with van der Waals surface area (Å²) < 4.78 is 0. The lowest BCUT2D eigenvalue weighted by atomic mass is 10.2. The minimum absolute atomic E-state index is 0.339. The Morgan fingerprint density at radius 3 is 2.85 bits per heavy atom. The van der Waals surface area contributed by atoms with Crippen LogP contribution >= 0.6 is 11.3 Å². The third-order valence-corrected chi connectivity index (χ3v) is 4.06. The van der Waals surface area contributed by atoms with E-state index in [0.717, 1.165) is 19.4 Å². The summed E-state index contributed by atoms with van der Waals surface area (Å²) in [7, 11) is 0. The van der Waals surface area contributed by atoms with Gasteiger partial charge in [-0.1, -0.05) is 13.0 Å². The number of anilines is 3. The molecule has 6 heteroatoms. The van der Waals surface area contributed by atoms with Gasteiger partial charge in [0.25, 0.3) is 0 Å². The Hall–Kier alpha value is -1.82. The Kier molecular flexibility index (Phi) is 5.17. The fourth-order valence-electron chi connectivity index (χ4n) is 1.75. The standard InChI is InChI=1S/C14H21N5S/c1-3-10(2)19-14-12(15)13(17-9-18-14)16-7-6-11-5-4-8-20-11/h4-5,8-10H,3,6-7,15H2,1-2H3,(H2,16,17,18,19). The van der Waals surface area contributed by atoms with Crippen LogP contribution in [0.4, 0.5) is 17.3 Å². The molecule has 0 aromatic carbocycles. The first-order chi connectivity index (χ1) is 9.70. The Bertz CT molecular complexity index is 526. The van der Waals surface area contributed by atoms with E-state index >= 15 is 0 Å². The molecule has 0 amide bonds. The smallest absolute Gasteiger partial charge is 0.155 e. The van der Waals surface area contributed by atoms with Crippen molar-refractivity contribution in [1.82, 2.24) is 9.97 Å². The lowest BCUT2D eigenvalue weighted by molar-refractivity contribution is 0.759. The topological polar surface area (TPSA) is 75.9 Å². The van der Waals surface area contributed by atoms with Crippen molar-refractivity contribution in [2.75, 3.05) is 22.9 Å². The van der Waals surface area contributed by atoms with Crippen LogP contribution in [0.3, 0.4) is 0 Å². The predicted molar refractivity (Wildman–Crippen MR) is 86.3 cm³/mol. The number of hydrogen-bond acceptors (Lipinski definition) is 6. The number of thiophene rings is 1. The van der Waals surface area contributed by atoms with Crippen LogP contribution in [-0.2, 0) is 6.42 Å². The van der Waals surface area contributed by atoms with E-state index in [-0.39, 0.29) is 0 Å². The maximum absolute atomic E-state index is 6.10. The van der Waals surface area contributed by atoms with Gasteiger partial charge in [0, 0.05) is 17.5 Å². The van der Waals surface area contributed by atoms with Crippen molar-refractivity contribution in [2.45, 2.75) is 32.7 Å². The van der Waals surface area contributed by atoms with Gasteiger partial charge in [-0.2, -0.15) is 0 Å². The van der Waals surface area contributed by atoms with Crippen molar-refractivity contribution in [3.05, 3.63) is 28.7 Å². The van der Waals surface area contributed by atoms with Crippen molar-refractivity contribution < 1.29 is 0 Å². The van der Waals surface area contributed by atoms with E-state index in [1.165, 1.54) is 11.2 Å². The molecule has 108 valence electrons. The molecule has 5 nitrogen and oxygen atoms in total. The summed E-state index contributed by atoms with van der Waals surface area (Å²) >= 11 is 1.76. The summed E-state index contributed by atoms with van der Waals surface area (Å²) in [5.74, 6) is 1.40. The highest BCUT2D eigenvalue weighted by Crippen LogP contribution is 2.23. The van der Waals surface area contributed by atoms with Crippen LogP contribution in [0.2, 0.25) is 0 Å². The molecular formula is C14H21N5S. The number of nitrogen functional groups attached to an aromatic ring is 1. The van der Waals surface area contributed by atoms with Crippen LogP contribution in [0.5, 0.6) is 0 Å². The van der Waals surface area contributed by atoms with Crippen molar-refractivity contribution >= 4 is 28.7 Å². The minimum atomic E-state index is 0.339. The molecule has 2 heterocycles. The van der Waals surface area contributed by atoms with Gasteiger partial charge < -0.3 is 16.4 Å². The first kappa shape index (κ1) is 14.6. The highest BCUT2D eigenvalue weighted by atomic mass is 32.1. The van der Waals surface area contributed by atoms with E-state index in [1.54, 1.807) is 11.3 Å². The fourth-order valence-corrected chi connectivity index (χ4v) is 2.45. The molecule has 0 fully saturated rings. The van der Waals surface area contributed by atoms with E-state index in [9.17, 15) is 0 Å². The van der Waals surface area contributed by atoms with Gasteiger partial charge in [0.1, 0.15) is 12.0 Å². The first-order valence-corrected chi connectivity index (χ1v) is 7.72. The van der Waals surface area contributed by atoms with Crippen LogP contribution in [0.15, 0.2) is 23.8 Å². The van der Waals surface area contributed by atoms with E-state index in [4.69, 9.17) is 5.73 Å². The SMILES string of the molecule is CCC(C)Nc1ncnc(NCCc2cccs2)c1N. The zero-order chi connectivity index (χ0) is 14.4. The molecule has 1 unspecified atom stereocenters. The Labute approximate surface area is 123 Å². The predicted octanol–water partition coefficient (Wildman–Crippen LogP) is 2.99. The molecule has 0 aliphatic heterocycles. The van der Waals surface area contributed by atoms with Gasteiger partial charge in [-0.05, 0) is 31.2 Å². The number of nitrogens with one attached hydrogen (secondary N) is 2. The quantitative estimate of drug-likeness (QED) is 0.731. The van der Waals surface area contributed by atoms with Gasteiger partial charge in [-0.25, -0.2) is 9.97 Å². The van der Waals surface area contributed by atoms with Crippen LogP contribution in [0.1, 0.15) is 25.1 Å². The van der Waals surface area contributed by atoms with Crippen LogP contribution in [0.25, 0.3) is 0 Å². The summed E-state index contributed by atoms with van der Waals surface area (Å²) in [6.45, 7) is 5.03. The van der Waals surface area contributed by atoms with Gasteiger partial charge in [0.05, 0.1) is 0 Å².